The van der Waals surface area contributed by atoms with Gasteiger partial charge in [-0.3, -0.25) is 9.69 Å². The van der Waals surface area contributed by atoms with E-state index in [9.17, 15) is 4.79 Å². The second-order valence-electron chi connectivity index (χ2n) is 9.02. The normalized spacial score (nSPS) is 14.4. The van der Waals surface area contributed by atoms with Gasteiger partial charge in [0.25, 0.3) is 5.91 Å². The topological polar surface area (TPSA) is 41.4 Å². The highest BCUT2D eigenvalue weighted by Gasteiger charge is 2.26. The number of piperazine rings is 1. The van der Waals surface area contributed by atoms with Gasteiger partial charge in [-0.05, 0) is 54.8 Å². The Morgan fingerprint density at radius 2 is 1.47 bits per heavy atom. The van der Waals surface area contributed by atoms with Crippen molar-refractivity contribution in [2.75, 3.05) is 26.2 Å². The minimum atomic E-state index is 0.0331. The molecule has 1 aliphatic rings. The third-order valence-corrected chi connectivity index (χ3v) is 6.64. The molecule has 0 atom stereocenters. The molecule has 3 aromatic carbocycles. The fourth-order valence-electron chi connectivity index (χ4n) is 4.45. The second-order valence-corrected chi connectivity index (χ2v) is 9.02. The summed E-state index contributed by atoms with van der Waals surface area (Å²) in [5, 5.41) is 4.87. The van der Waals surface area contributed by atoms with E-state index < -0.39 is 0 Å². The van der Waals surface area contributed by atoms with Crippen molar-refractivity contribution < 1.29 is 4.79 Å². The van der Waals surface area contributed by atoms with Crippen LogP contribution < -0.4 is 0 Å². The fourth-order valence-corrected chi connectivity index (χ4v) is 4.45. The van der Waals surface area contributed by atoms with E-state index in [0.717, 1.165) is 36.6 Å². The summed E-state index contributed by atoms with van der Waals surface area (Å²) in [5.41, 5.74) is 7.12. The molecule has 1 saturated heterocycles. The van der Waals surface area contributed by atoms with Gasteiger partial charge in [0.05, 0.1) is 11.4 Å². The smallest absolute Gasteiger partial charge is 0.272 e. The van der Waals surface area contributed by atoms with Gasteiger partial charge in [-0.25, -0.2) is 4.68 Å². The molecule has 1 amide bonds. The van der Waals surface area contributed by atoms with E-state index in [0.29, 0.717) is 18.8 Å². The first kappa shape index (κ1) is 22.1. The van der Waals surface area contributed by atoms with E-state index in [1.807, 2.05) is 47.4 Å². The van der Waals surface area contributed by atoms with E-state index in [2.05, 4.69) is 61.2 Å². The summed E-state index contributed by atoms with van der Waals surface area (Å²) in [7, 11) is 0. The molecule has 0 unspecified atom stereocenters. The molecule has 1 aliphatic heterocycles. The maximum atomic E-state index is 13.7. The zero-order valence-electron chi connectivity index (χ0n) is 19.8. The lowest BCUT2D eigenvalue weighted by molar-refractivity contribution is 0.0619. The fraction of sp³-hybridized carbons (Fsp3) is 0.241. The van der Waals surface area contributed by atoms with Gasteiger partial charge in [-0.2, -0.15) is 5.10 Å². The summed E-state index contributed by atoms with van der Waals surface area (Å²) in [5.74, 6) is 0.0331. The van der Waals surface area contributed by atoms with Crippen molar-refractivity contribution in [3.05, 3.63) is 107 Å². The molecule has 2 heterocycles. The number of amides is 1. The second kappa shape index (κ2) is 9.65. The number of aryl methyl sites for hydroxylation is 2. The van der Waals surface area contributed by atoms with Gasteiger partial charge >= 0.3 is 0 Å². The third-order valence-electron chi connectivity index (χ3n) is 6.64. The number of aromatic nitrogens is 2. The Kier molecular flexibility index (Phi) is 6.28. The monoisotopic (exact) mass is 450 g/mol. The predicted octanol–water partition coefficient (Wildman–Crippen LogP) is 5.11. The summed E-state index contributed by atoms with van der Waals surface area (Å²) in [6.07, 6.45) is 0. The van der Waals surface area contributed by atoms with Crippen LogP contribution in [0.15, 0.2) is 84.9 Å². The third kappa shape index (κ3) is 4.66. The van der Waals surface area contributed by atoms with Gasteiger partial charge in [0.1, 0.15) is 5.69 Å². The van der Waals surface area contributed by atoms with Gasteiger partial charge in [-0.15, -0.1) is 0 Å². The van der Waals surface area contributed by atoms with Crippen LogP contribution in [0.25, 0.3) is 16.9 Å². The van der Waals surface area contributed by atoms with Crippen LogP contribution in [0, 0.1) is 13.8 Å². The lowest BCUT2D eigenvalue weighted by atomic mass is 10.0. The summed E-state index contributed by atoms with van der Waals surface area (Å²) in [4.78, 5) is 18.0. The number of hydrogen-bond acceptors (Lipinski definition) is 3. The molecule has 0 aliphatic carbocycles. The van der Waals surface area contributed by atoms with Crippen molar-refractivity contribution >= 4 is 5.91 Å². The average Bonchev–Trinajstić information content (AvgIpc) is 3.32. The minimum Gasteiger partial charge on any atom is -0.335 e. The Labute approximate surface area is 201 Å². The molecule has 0 bridgehead atoms. The van der Waals surface area contributed by atoms with Gasteiger partial charge < -0.3 is 4.90 Å². The highest BCUT2D eigenvalue weighted by atomic mass is 16.2. The number of benzene rings is 3. The highest BCUT2D eigenvalue weighted by molar-refractivity contribution is 5.94. The maximum Gasteiger partial charge on any atom is 0.272 e. The van der Waals surface area contributed by atoms with Crippen LogP contribution in [0.4, 0.5) is 0 Å². The Morgan fingerprint density at radius 1 is 0.794 bits per heavy atom. The van der Waals surface area contributed by atoms with Gasteiger partial charge in [0.2, 0.25) is 0 Å². The molecule has 4 aromatic rings. The molecule has 0 N–H and O–H groups in total. The number of para-hydroxylation sites is 1. The van der Waals surface area contributed by atoms with Gasteiger partial charge in [0, 0.05) is 38.3 Å². The summed E-state index contributed by atoms with van der Waals surface area (Å²) in [6.45, 7) is 8.29. The Balaban J connectivity index is 1.39. The Morgan fingerprint density at radius 3 is 2.15 bits per heavy atom. The molecular formula is C29H30N4O. The number of carbonyl (C=O) groups is 1. The zero-order valence-corrected chi connectivity index (χ0v) is 19.8. The highest BCUT2D eigenvalue weighted by Crippen LogP contribution is 2.25. The van der Waals surface area contributed by atoms with Crippen LogP contribution in [0.3, 0.4) is 0 Å². The largest absolute Gasteiger partial charge is 0.335 e. The number of carbonyl (C=O) groups excluding carboxylic acids is 1. The van der Waals surface area contributed by atoms with Crippen LogP contribution in [-0.2, 0) is 6.54 Å². The van der Waals surface area contributed by atoms with E-state index in [-0.39, 0.29) is 5.91 Å². The quantitative estimate of drug-likeness (QED) is 0.424. The number of rotatable bonds is 5. The predicted molar refractivity (Wildman–Crippen MR) is 136 cm³/mol. The zero-order chi connectivity index (χ0) is 23.5. The molecule has 0 radical (unpaired) electrons. The molecule has 0 spiro atoms. The standard InChI is InChI=1S/C29H30N4O/c1-22-13-14-25(19-23(22)2)27-20-28(33(30-27)26-11-7-4-8-12-26)29(34)32-17-15-31(16-18-32)21-24-9-5-3-6-10-24/h3-14,19-20H,15-18,21H2,1-2H3. The molecule has 1 aromatic heterocycles. The Hall–Kier alpha value is -3.70. The molecule has 1 fully saturated rings. The van der Waals surface area contributed by atoms with Crippen LogP contribution in [0.5, 0.6) is 0 Å². The van der Waals surface area contributed by atoms with Gasteiger partial charge in [0.15, 0.2) is 0 Å². The van der Waals surface area contributed by atoms with Crippen molar-refractivity contribution in [2.45, 2.75) is 20.4 Å². The summed E-state index contributed by atoms with van der Waals surface area (Å²) < 4.78 is 1.79. The van der Waals surface area contributed by atoms with Crippen LogP contribution in [0.1, 0.15) is 27.2 Å². The van der Waals surface area contributed by atoms with Crippen LogP contribution in [0.2, 0.25) is 0 Å². The molecule has 5 heteroatoms. The SMILES string of the molecule is Cc1ccc(-c2cc(C(=O)N3CCN(Cc4ccccc4)CC3)n(-c3ccccc3)n2)cc1C. The Bertz CT molecular complexity index is 1270. The van der Waals surface area contributed by atoms with Crippen molar-refractivity contribution in [2.24, 2.45) is 0 Å². The lowest BCUT2D eigenvalue weighted by Crippen LogP contribution is -2.48. The van der Waals surface area contributed by atoms with Crippen LogP contribution in [-0.4, -0.2) is 51.7 Å². The van der Waals surface area contributed by atoms with Crippen molar-refractivity contribution in [1.29, 1.82) is 0 Å². The number of hydrogen-bond donors (Lipinski definition) is 0. The van der Waals surface area contributed by atoms with E-state index in [4.69, 9.17) is 5.10 Å². The molecule has 5 nitrogen and oxygen atoms in total. The maximum absolute atomic E-state index is 13.7. The van der Waals surface area contributed by atoms with Gasteiger partial charge in [-0.1, -0.05) is 60.7 Å². The van der Waals surface area contributed by atoms with E-state index in [1.54, 1.807) is 4.68 Å². The summed E-state index contributed by atoms with van der Waals surface area (Å²) in [6, 6.07) is 28.7. The van der Waals surface area contributed by atoms with Crippen LogP contribution >= 0.6 is 0 Å². The lowest BCUT2D eigenvalue weighted by Gasteiger charge is -2.34. The molecule has 5 rings (SSSR count). The van der Waals surface area contributed by atoms with E-state index >= 15 is 0 Å². The first-order chi connectivity index (χ1) is 16.6. The van der Waals surface area contributed by atoms with Crippen molar-refractivity contribution in [3.63, 3.8) is 0 Å². The minimum absolute atomic E-state index is 0.0331. The first-order valence-electron chi connectivity index (χ1n) is 11.9. The van der Waals surface area contributed by atoms with Crippen molar-refractivity contribution in [3.8, 4) is 16.9 Å². The molecule has 34 heavy (non-hydrogen) atoms. The molecule has 172 valence electrons. The number of nitrogens with zero attached hydrogens (tertiary/aromatic N) is 4. The van der Waals surface area contributed by atoms with E-state index in [1.165, 1.54) is 16.7 Å². The molecular weight excluding hydrogens is 420 g/mol. The van der Waals surface area contributed by atoms with Crippen molar-refractivity contribution in [1.82, 2.24) is 19.6 Å². The first-order valence-corrected chi connectivity index (χ1v) is 11.9. The average molecular weight is 451 g/mol. The molecule has 0 saturated carbocycles. The summed E-state index contributed by atoms with van der Waals surface area (Å²) >= 11 is 0.